The molecule has 0 fully saturated rings. The largest absolute Gasteiger partial charge is 0.508 e. The van der Waals surface area contributed by atoms with Crippen LogP contribution in [0.1, 0.15) is 16.7 Å². The first-order chi connectivity index (χ1) is 13.0. The number of carbonyl (C=O) groups is 1. The zero-order valence-electron chi connectivity index (χ0n) is 14.3. The van der Waals surface area contributed by atoms with Crippen LogP contribution in [0.5, 0.6) is 11.5 Å². The number of nitrogens with zero attached hydrogens (tertiary/aromatic N) is 1. The van der Waals surface area contributed by atoms with Crippen LogP contribution in [-0.2, 0) is 10.4 Å². The van der Waals surface area contributed by atoms with Crippen LogP contribution in [0.4, 0.5) is 0 Å². The van der Waals surface area contributed by atoms with Crippen LogP contribution in [0.2, 0.25) is 0 Å². The van der Waals surface area contributed by atoms with Gasteiger partial charge in [-0.3, -0.25) is 4.79 Å². The lowest BCUT2D eigenvalue weighted by Crippen LogP contribution is -2.43. The molecule has 3 aromatic carbocycles. The number of hydrazone groups is 1. The number of amides is 1. The Hall–Kier alpha value is -3.64. The molecule has 0 aliphatic rings. The zero-order chi connectivity index (χ0) is 19.3. The molecule has 0 radical (unpaired) electrons. The van der Waals surface area contributed by atoms with Crippen molar-refractivity contribution in [2.75, 3.05) is 0 Å². The quantitative estimate of drug-likeness (QED) is 0.414. The minimum Gasteiger partial charge on any atom is -0.508 e. The normalized spacial score (nSPS) is 11.4. The summed E-state index contributed by atoms with van der Waals surface area (Å²) < 4.78 is 0. The average molecular weight is 362 g/mol. The molecule has 0 spiro atoms. The number of benzene rings is 3. The Morgan fingerprint density at radius 3 is 1.96 bits per heavy atom. The van der Waals surface area contributed by atoms with Gasteiger partial charge in [0.2, 0.25) is 0 Å². The fraction of sp³-hybridized carbons (Fsp3) is 0.0476. The molecule has 0 saturated heterocycles. The number of aliphatic hydroxyl groups is 1. The fourth-order valence-electron chi connectivity index (χ4n) is 2.67. The molecule has 0 bridgehead atoms. The molecule has 4 N–H and O–H groups in total. The summed E-state index contributed by atoms with van der Waals surface area (Å²) in [4.78, 5) is 12.8. The Labute approximate surface area is 156 Å². The van der Waals surface area contributed by atoms with Crippen molar-refractivity contribution < 1.29 is 20.1 Å². The highest BCUT2D eigenvalue weighted by atomic mass is 16.3. The minimum absolute atomic E-state index is 0.0868. The van der Waals surface area contributed by atoms with Crippen molar-refractivity contribution in [2.45, 2.75) is 5.60 Å². The van der Waals surface area contributed by atoms with Crippen molar-refractivity contribution in [1.82, 2.24) is 5.43 Å². The summed E-state index contributed by atoms with van der Waals surface area (Å²) in [5, 5.41) is 34.1. The third kappa shape index (κ3) is 3.80. The van der Waals surface area contributed by atoms with Crippen LogP contribution >= 0.6 is 0 Å². The van der Waals surface area contributed by atoms with Gasteiger partial charge in [-0.2, -0.15) is 5.10 Å². The number of hydrogen-bond donors (Lipinski definition) is 4. The lowest BCUT2D eigenvalue weighted by molar-refractivity contribution is -0.136. The summed E-state index contributed by atoms with van der Waals surface area (Å²) in [6, 6.07) is 21.1. The van der Waals surface area contributed by atoms with Crippen molar-refractivity contribution in [3.63, 3.8) is 0 Å². The Morgan fingerprint density at radius 2 is 1.44 bits per heavy atom. The molecule has 1 amide bonds. The fourth-order valence-corrected chi connectivity index (χ4v) is 2.67. The molecule has 0 aliphatic carbocycles. The van der Waals surface area contributed by atoms with Gasteiger partial charge in [0.05, 0.1) is 6.21 Å². The Morgan fingerprint density at radius 1 is 0.889 bits per heavy atom. The van der Waals surface area contributed by atoms with E-state index in [1.807, 2.05) is 0 Å². The standard InChI is InChI=1S/C21H18N2O4/c24-18-12-11-15(19(25)13-18)14-22-23-20(26)21(27,16-7-3-1-4-8-16)17-9-5-2-6-10-17/h1-14,24-25,27H,(H,23,26)/b22-14+. The molecule has 0 aliphatic heterocycles. The summed E-state index contributed by atoms with van der Waals surface area (Å²) in [5.74, 6) is -1.01. The van der Waals surface area contributed by atoms with Crippen molar-refractivity contribution in [2.24, 2.45) is 5.10 Å². The summed E-state index contributed by atoms with van der Waals surface area (Å²) in [6.45, 7) is 0. The Balaban J connectivity index is 1.89. The molecule has 136 valence electrons. The van der Waals surface area contributed by atoms with Crippen LogP contribution in [0.25, 0.3) is 0 Å². The smallest absolute Gasteiger partial charge is 0.281 e. The van der Waals surface area contributed by atoms with E-state index in [2.05, 4.69) is 10.5 Å². The van der Waals surface area contributed by atoms with Crippen LogP contribution < -0.4 is 5.43 Å². The molecule has 3 aromatic rings. The maximum atomic E-state index is 12.8. The van der Waals surface area contributed by atoms with Gasteiger partial charge in [-0.15, -0.1) is 0 Å². The first-order valence-electron chi connectivity index (χ1n) is 8.20. The highest BCUT2D eigenvalue weighted by Gasteiger charge is 2.39. The minimum atomic E-state index is -1.93. The van der Waals surface area contributed by atoms with E-state index < -0.39 is 11.5 Å². The third-order valence-corrected chi connectivity index (χ3v) is 4.10. The van der Waals surface area contributed by atoms with Crippen LogP contribution in [0, 0.1) is 0 Å². The summed E-state index contributed by atoms with van der Waals surface area (Å²) in [7, 11) is 0. The average Bonchev–Trinajstić information content (AvgIpc) is 2.70. The van der Waals surface area contributed by atoms with Crippen molar-refractivity contribution in [1.29, 1.82) is 0 Å². The molecular formula is C21H18N2O4. The maximum Gasteiger partial charge on any atom is 0.281 e. The number of carbonyl (C=O) groups excluding carboxylic acids is 1. The molecule has 6 nitrogen and oxygen atoms in total. The molecule has 3 rings (SSSR count). The molecule has 0 saturated carbocycles. The summed E-state index contributed by atoms with van der Waals surface area (Å²) in [5.41, 5.74) is 1.48. The van der Waals surface area contributed by atoms with Crippen LogP contribution in [0.15, 0.2) is 84.0 Å². The number of rotatable bonds is 5. The topological polar surface area (TPSA) is 102 Å². The molecular weight excluding hydrogens is 344 g/mol. The Bertz CT molecular complexity index is 917. The van der Waals surface area contributed by atoms with Gasteiger partial charge in [-0.1, -0.05) is 60.7 Å². The first kappa shape index (κ1) is 18.2. The lowest BCUT2D eigenvalue weighted by Gasteiger charge is -2.27. The van der Waals surface area contributed by atoms with Crippen LogP contribution in [-0.4, -0.2) is 27.4 Å². The monoisotopic (exact) mass is 362 g/mol. The summed E-state index contributed by atoms with van der Waals surface area (Å²) in [6.07, 6.45) is 1.23. The maximum absolute atomic E-state index is 12.8. The van der Waals surface area contributed by atoms with E-state index in [-0.39, 0.29) is 11.5 Å². The highest BCUT2D eigenvalue weighted by Crippen LogP contribution is 2.30. The van der Waals surface area contributed by atoms with E-state index in [0.717, 1.165) is 6.07 Å². The zero-order valence-corrected chi connectivity index (χ0v) is 14.3. The van der Waals surface area contributed by atoms with Gasteiger partial charge >= 0.3 is 0 Å². The number of aromatic hydroxyl groups is 2. The second kappa shape index (κ2) is 7.72. The molecule has 0 heterocycles. The lowest BCUT2D eigenvalue weighted by atomic mass is 9.85. The molecule has 0 aromatic heterocycles. The van der Waals surface area contributed by atoms with Crippen molar-refractivity contribution in [3.05, 3.63) is 95.6 Å². The van der Waals surface area contributed by atoms with E-state index in [4.69, 9.17) is 0 Å². The van der Waals surface area contributed by atoms with E-state index in [1.165, 1.54) is 18.3 Å². The van der Waals surface area contributed by atoms with Gasteiger partial charge < -0.3 is 15.3 Å². The van der Waals surface area contributed by atoms with Crippen molar-refractivity contribution in [3.8, 4) is 11.5 Å². The molecule has 6 heteroatoms. The third-order valence-electron chi connectivity index (χ3n) is 4.10. The van der Waals surface area contributed by atoms with E-state index in [9.17, 15) is 20.1 Å². The summed E-state index contributed by atoms with van der Waals surface area (Å²) >= 11 is 0. The van der Waals surface area contributed by atoms with E-state index in [1.54, 1.807) is 60.7 Å². The second-order valence-electron chi connectivity index (χ2n) is 5.88. The van der Waals surface area contributed by atoms with Crippen LogP contribution in [0.3, 0.4) is 0 Å². The molecule has 0 unspecified atom stereocenters. The number of nitrogens with one attached hydrogen (secondary N) is 1. The second-order valence-corrected chi connectivity index (χ2v) is 5.88. The van der Waals surface area contributed by atoms with Gasteiger partial charge in [0.25, 0.3) is 5.91 Å². The van der Waals surface area contributed by atoms with Gasteiger partial charge in [-0.05, 0) is 23.3 Å². The predicted octanol–water partition coefficient (Wildman–Crippen LogP) is 2.48. The van der Waals surface area contributed by atoms with E-state index in [0.29, 0.717) is 16.7 Å². The first-order valence-corrected chi connectivity index (χ1v) is 8.20. The highest BCUT2D eigenvalue weighted by molar-refractivity contribution is 5.91. The predicted molar refractivity (Wildman–Crippen MR) is 101 cm³/mol. The number of phenolic OH excluding ortho intramolecular Hbond substituents is 2. The molecule has 0 atom stereocenters. The number of hydrogen-bond acceptors (Lipinski definition) is 5. The SMILES string of the molecule is O=C(N/N=C/c1ccc(O)cc1O)C(O)(c1ccccc1)c1ccccc1. The van der Waals surface area contributed by atoms with Gasteiger partial charge in [0.1, 0.15) is 11.5 Å². The molecule has 27 heavy (non-hydrogen) atoms. The van der Waals surface area contributed by atoms with Gasteiger partial charge in [0, 0.05) is 11.6 Å². The van der Waals surface area contributed by atoms with Crippen molar-refractivity contribution >= 4 is 12.1 Å². The number of phenols is 2. The van der Waals surface area contributed by atoms with Gasteiger partial charge in [0.15, 0.2) is 5.60 Å². The Kier molecular flexibility index (Phi) is 5.19. The van der Waals surface area contributed by atoms with Gasteiger partial charge in [-0.25, -0.2) is 5.43 Å². The van der Waals surface area contributed by atoms with E-state index >= 15 is 0 Å².